The van der Waals surface area contributed by atoms with E-state index in [1.54, 1.807) is 7.11 Å². The largest absolute Gasteiger partial charge is 0.497 e. The molecule has 144 valence electrons. The minimum absolute atomic E-state index is 0.0554. The van der Waals surface area contributed by atoms with E-state index in [-0.39, 0.29) is 11.9 Å². The van der Waals surface area contributed by atoms with Gasteiger partial charge in [0.25, 0.3) is 0 Å². The molecule has 5 heteroatoms. The zero-order valence-electron chi connectivity index (χ0n) is 16.7. The zero-order valence-corrected chi connectivity index (χ0v) is 16.7. The SMILES string of the molecule is COc1ccc(N2CCN([C@H](C)C(=O)Nc3ccc(C)cc3C)CC2)cc1. The summed E-state index contributed by atoms with van der Waals surface area (Å²) in [6.07, 6.45) is 0. The molecule has 0 unspecified atom stereocenters. The van der Waals surface area contributed by atoms with Crippen LogP contribution in [-0.2, 0) is 4.79 Å². The van der Waals surface area contributed by atoms with Crippen molar-refractivity contribution < 1.29 is 9.53 Å². The highest BCUT2D eigenvalue weighted by Crippen LogP contribution is 2.22. The highest BCUT2D eigenvalue weighted by molar-refractivity contribution is 5.95. The lowest BCUT2D eigenvalue weighted by Crippen LogP contribution is -2.52. The maximum atomic E-state index is 12.7. The number of nitrogens with one attached hydrogen (secondary N) is 1. The monoisotopic (exact) mass is 367 g/mol. The Morgan fingerprint density at radius 3 is 2.30 bits per heavy atom. The van der Waals surface area contributed by atoms with Crippen LogP contribution in [0.5, 0.6) is 5.75 Å². The molecule has 5 nitrogen and oxygen atoms in total. The Kier molecular flexibility index (Phi) is 6.01. The topological polar surface area (TPSA) is 44.8 Å². The van der Waals surface area contributed by atoms with Crippen LogP contribution < -0.4 is 15.0 Å². The van der Waals surface area contributed by atoms with Crippen molar-refractivity contribution in [1.29, 1.82) is 0 Å². The van der Waals surface area contributed by atoms with Crippen LogP contribution in [-0.4, -0.2) is 50.1 Å². The van der Waals surface area contributed by atoms with Gasteiger partial charge in [0, 0.05) is 37.6 Å². The Balaban J connectivity index is 1.55. The molecule has 1 aliphatic rings. The average molecular weight is 367 g/mol. The lowest BCUT2D eigenvalue weighted by Gasteiger charge is -2.38. The van der Waals surface area contributed by atoms with Gasteiger partial charge in [0.1, 0.15) is 5.75 Å². The highest BCUT2D eigenvalue weighted by Gasteiger charge is 2.26. The predicted molar refractivity (Wildman–Crippen MR) is 111 cm³/mol. The Morgan fingerprint density at radius 2 is 1.70 bits per heavy atom. The Hall–Kier alpha value is -2.53. The van der Waals surface area contributed by atoms with Crippen molar-refractivity contribution in [2.24, 2.45) is 0 Å². The minimum Gasteiger partial charge on any atom is -0.497 e. The van der Waals surface area contributed by atoms with Crippen molar-refractivity contribution >= 4 is 17.3 Å². The second-order valence-electron chi connectivity index (χ2n) is 7.20. The minimum atomic E-state index is -0.149. The fourth-order valence-electron chi connectivity index (χ4n) is 3.52. The van der Waals surface area contributed by atoms with Crippen LogP contribution >= 0.6 is 0 Å². The fourth-order valence-corrected chi connectivity index (χ4v) is 3.52. The summed E-state index contributed by atoms with van der Waals surface area (Å²) in [5.74, 6) is 0.925. The summed E-state index contributed by atoms with van der Waals surface area (Å²) in [4.78, 5) is 17.3. The van der Waals surface area contributed by atoms with Gasteiger partial charge in [-0.15, -0.1) is 0 Å². The molecule has 1 saturated heterocycles. The van der Waals surface area contributed by atoms with Gasteiger partial charge in [-0.3, -0.25) is 9.69 Å². The number of hydrogen-bond acceptors (Lipinski definition) is 4. The van der Waals surface area contributed by atoms with Crippen molar-refractivity contribution in [3.8, 4) is 5.75 Å². The molecule has 2 aromatic rings. The van der Waals surface area contributed by atoms with Crippen LogP contribution in [0.2, 0.25) is 0 Å². The third-order valence-corrected chi connectivity index (χ3v) is 5.32. The molecule has 1 heterocycles. The van der Waals surface area contributed by atoms with E-state index in [0.717, 1.165) is 43.2 Å². The van der Waals surface area contributed by atoms with Gasteiger partial charge in [0.2, 0.25) is 5.91 Å². The van der Waals surface area contributed by atoms with Gasteiger partial charge in [0.15, 0.2) is 0 Å². The third kappa shape index (κ3) is 4.61. The standard InChI is InChI=1S/C22H29N3O2/c1-16-5-10-21(17(2)15-16)23-22(26)18(3)24-11-13-25(14-12-24)19-6-8-20(27-4)9-7-19/h5-10,15,18H,11-14H2,1-4H3,(H,23,26)/t18-/m1/s1. The number of aryl methyl sites for hydroxylation is 2. The van der Waals surface area contributed by atoms with E-state index in [9.17, 15) is 4.79 Å². The number of hydrogen-bond donors (Lipinski definition) is 1. The molecule has 1 atom stereocenters. The summed E-state index contributed by atoms with van der Waals surface area (Å²) in [5, 5.41) is 3.08. The Bertz CT molecular complexity index is 781. The highest BCUT2D eigenvalue weighted by atomic mass is 16.5. The smallest absolute Gasteiger partial charge is 0.241 e. The van der Waals surface area contributed by atoms with Crippen LogP contribution in [0.25, 0.3) is 0 Å². The van der Waals surface area contributed by atoms with Crippen molar-refractivity contribution in [3.63, 3.8) is 0 Å². The van der Waals surface area contributed by atoms with Gasteiger partial charge in [-0.1, -0.05) is 17.7 Å². The number of benzene rings is 2. The first kappa shape index (κ1) is 19.2. The summed E-state index contributed by atoms with van der Waals surface area (Å²) >= 11 is 0. The lowest BCUT2D eigenvalue weighted by atomic mass is 10.1. The molecule has 0 saturated carbocycles. The molecule has 0 spiro atoms. The van der Waals surface area contributed by atoms with E-state index in [1.165, 1.54) is 11.3 Å². The van der Waals surface area contributed by atoms with E-state index in [0.29, 0.717) is 0 Å². The van der Waals surface area contributed by atoms with E-state index in [1.807, 2.05) is 38.1 Å². The van der Waals surface area contributed by atoms with Gasteiger partial charge < -0.3 is 15.0 Å². The lowest BCUT2D eigenvalue weighted by molar-refractivity contribution is -0.120. The van der Waals surface area contributed by atoms with Crippen LogP contribution in [0.15, 0.2) is 42.5 Å². The van der Waals surface area contributed by atoms with Crippen molar-refractivity contribution in [1.82, 2.24) is 4.90 Å². The number of nitrogens with zero attached hydrogens (tertiary/aromatic N) is 2. The molecule has 1 amide bonds. The summed E-state index contributed by atoms with van der Waals surface area (Å²) in [5.41, 5.74) is 4.39. The fraction of sp³-hybridized carbons (Fsp3) is 0.409. The van der Waals surface area contributed by atoms with Gasteiger partial charge in [-0.25, -0.2) is 0 Å². The van der Waals surface area contributed by atoms with Gasteiger partial charge in [0.05, 0.1) is 13.2 Å². The Morgan fingerprint density at radius 1 is 1.04 bits per heavy atom. The molecule has 0 bridgehead atoms. The van der Waals surface area contributed by atoms with Crippen molar-refractivity contribution in [3.05, 3.63) is 53.6 Å². The second-order valence-corrected chi connectivity index (χ2v) is 7.20. The molecule has 1 aliphatic heterocycles. The van der Waals surface area contributed by atoms with Crippen LogP contribution in [0.4, 0.5) is 11.4 Å². The first-order chi connectivity index (χ1) is 13.0. The number of anilines is 2. The molecule has 2 aromatic carbocycles. The van der Waals surface area contributed by atoms with Crippen LogP contribution in [0, 0.1) is 13.8 Å². The number of amides is 1. The molecule has 1 fully saturated rings. The van der Waals surface area contributed by atoms with E-state index in [4.69, 9.17) is 4.74 Å². The predicted octanol–water partition coefficient (Wildman–Crippen LogP) is 3.46. The average Bonchev–Trinajstić information content (AvgIpc) is 2.69. The zero-order chi connectivity index (χ0) is 19.4. The second kappa shape index (κ2) is 8.44. The normalized spacial score (nSPS) is 16.1. The van der Waals surface area contributed by atoms with Crippen molar-refractivity contribution in [2.75, 3.05) is 43.5 Å². The summed E-state index contributed by atoms with van der Waals surface area (Å²) in [6.45, 7) is 9.63. The maximum Gasteiger partial charge on any atom is 0.241 e. The molecular weight excluding hydrogens is 338 g/mol. The number of ether oxygens (including phenoxy) is 1. The van der Waals surface area contributed by atoms with E-state index in [2.05, 4.69) is 40.2 Å². The molecule has 1 N–H and O–H groups in total. The molecule has 0 aliphatic carbocycles. The number of piperazine rings is 1. The molecular formula is C22H29N3O2. The number of methoxy groups -OCH3 is 1. The number of carbonyl (C=O) groups is 1. The van der Waals surface area contributed by atoms with Crippen LogP contribution in [0.3, 0.4) is 0 Å². The summed E-state index contributed by atoms with van der Waals surface area (Å²) < 4.78 is 5.22. The third-order valence-electron chi connectivity index (χ3n) is 5.32. The van der Waals surface area contributed by atoms with Gasteiger partial charge >= 0.3 is 0 Å². The summed E-state index contributed by atoms with van der Waals surface area (Å²) in [7, 11) is 1.68. The van der Waals surface area contributed by atoms with Gasteiger partial charge in [-0.05, 0) is 56.7 Å². The molecule has 3 rings (SSSR count). The molecule has 0 aromatic heterocycles. The molecule has 27 heavy (non-hydrogen) atoms. The van der Waals surface area contributed by atoms with E-state index < -0.39 is 0 Å². The van der Waals surface area contributed by atoms with Crippen molar-refractivity contribution in [2.45, 2.75) is 26.8 Å². The quantitative estimate of drug-likeness (QED) is 0.879. The van der Waals surface area contributed by atoms with E-state index >= 15 is 0 Å². The number of carbonyl (C=O) groups excluding carboxylic acids is 1. The molecule has 0 radical (unpaired) electrons. The summed E-state index contributed by atoms with van der Waals surface area (Å²) in [6, 6.07) is 14.1. The van der Waals surface area contributed by atoms with Gasteiger partial charge in [-0.2, -0.15) is 0 Å². The number of rotatable bonds is 5. The Labute approximate surface area is 161 Å². The van der Waals surface area contributed by atoms with Crippen LogP contribution in [0.1, 0.15) is 18.1 Å². The first-order valence-electron chi connectivity index (χ1n) is 9.49. The maximum absolute atomic E-state index is 12.7. The first-order valence-corrected chi connectivity index (χ1v) is 9.49.